The van der Waals surface area contributed by atoms with Crippen molar-refractivity contribution in [3.8, 4) is 0 Å². The normalized spacial score (nSPS) is 23.6. The van der Waals surface area contributed by atoms with Gasteiger partial charge in [-0.3, -0.25) is 9.59 Å². The van der Waals surface area contributed by atoms with Crippen LogP contribution in [0.2, 0.25) is 0 Å². The van der Waals surface area contributed by atoms with Crippen LogP contribution in [0.4, 0.5) is 0 Å². The van der Waals surface area contributed by atoms with E-state index in [0.29, 0.717) is 22.2 Å². The minimum atomic E-state index is -0.584. The number of hydrogen-bond acceptors (Lipinski definition) is 7. The zero-order chi connectivity index (χ0) is 19.3. The number of nitrogens with zero attached hydrogens (tertiary/aromatic N) is 2. The highest BCUT2D eigenvalue weighted by molar-refractivity contribution is 8.15. The SMILES string of the molecule is COC1=CC(=C=O)C(C)C(NC(=O)CC2SC(=NN=C(C)C)NC2=O)=C1. The van der Waals surface area contributed by atoms with Crippen LogP contribution in [-0.2, 0) is 19.1 Å². The predicted molar refractivity (Wildman–Crippen MR) is 100 cm³/mol. The van der Waals surface area contributed by atoms with Crippen LogP contribution in [0.25, 0.3) is 0 Å². The van der Waals surface area contributed by atoms with Gasteiger partial charge in [0.2, 0.25) is 11.8 Å². The van der Waals surface area contributed by atoms with Crippen molar-refractivity contribution in [1.29, 1.82) is 0 Å². The quantitative estimate of drug-likeness (QED) is 0.427. The van der Waals surface area contributed by atoms with Crippen molar-refractivity contribution in [3.63, 3.8) is 0 Å². The van der Waals surface area contributed by atoms with E-state index in [0.717, 1.165) is 17.5 Å². The third-order valence-corrected chi connectivity index (χ3v) is 4.73. The maximum atomic E-state index is 12.3. The minimum absolute atomic E-state index is 0.0272. The van der Waals surface area contributed by atoms with Crippen molar-refractivity contribution >= 4 is 40.4 Å². The number of thioether (sulfide) groups is 1. The third kappa shape index (κ3) is 4.93. The van der Waals surface area contributed by atoms with Crippen LogP contribution in [0.5, 0.6) is 0 Å². The number of carbonyl (C=O) groups is 2. The number of ether oxygens (including phenoxy) is 1. The Hall–Kier alpha value is -2.64. The molecule has 2 rings (SSSR count). The Labute approximate surface area is 155 Å². The van der Waals surface area contributed by atoms with Gasteiger partial charge in [0.05, 0.1) is 7.11 Å². The fourth-order valence-electron chi connectivity index (χ4n) is 2.26. The molecular formula is C17H20N4O4S. The van der Waals surface area contributed by atoms with Crippen molar-refractivity contribution < 1.29 is 19.1 Å². The number of amidine groups is 1. The fourth-order valence-corrected chi connectivity index (χ4v) is 3.18. The van der Waals surface area contributed by atoms with Gasteiger partial charge in [0, 0.05) is 35.4 Å². The van der Waals surface area contributed by atoms with Gasteiger partial charge in [0.15, 0.2) is 5.17 Å². The Bertz CT molecular complexity index is 787. The molecule has 2 N–H and O–H groups in total. The summed E-state index contributed by atoms with van der Waals surface area (Å²) in [6.07, 6.45) is 3.20. The van der Waals surface area contributed by atoms with Gasteiger partial charge < -0.3 is 15.4 Å². The smallest absolute Gasteiger partial charge is 0.240 e. The molecule has 0 radical (unpaired) electrons. The molecule has 2 unspecified atom stereocenters. The monoisotopic (exact) mass is 376 g/mol. The van der Waals surface area contributed by atoms with Crippen molar-refractivity contribution in [2.24, 2.45) is 16.1 Å². The highest BCUT2D eigenvalue weighted by Crippen LogP contribution is 2.27. The second kappa shape index (κ2) is 8.64. The Kier molecular flexibility index (Phi) is 6.54. The van der Waals surface area contributed by atoms with E-state index in [2.05, 4.69) is 20.8 Å². The summed E-state index contributed by atoms with van der Waals surface area (Å²) < 4.78 is 5.13. The second-order valence-electron chi connectivity index (χ2n) is 5.93. The first-order valence-electron chi connectivity index (χ1n) is 7.92. The van der Waals surface area contributed by atoms with Gasteiger partial charge in [-0.1, -0.05) is 18.7 Å². The van der Waals surface area contributed by atoms with Gasteiger partial charge in [-0.25, -0.2) is 4.79 Å². The van der Waals surface area contributed by atoms with E-state index in [-0.39, 0.29) is 24.2 Å². The van der Waals surface area contributed by atoms with E-state index in [4.69, 9.17) is 4.74 Å². The van der Waals surface area contributed by atoms with Crippen LogP contribution in [0.15, 0.2) is 39.4 Å². The largest absolute Gasteiger partial charge is 0.497 e. The van der Waals surface area contributed by atoms with Crippen LogP contribution >= 0.6 is 11.8 Å². The van der Waals surface area contributed by atoms with Crippen LogP contribution < -0.4 is 10.6 Å². The first-order chi connectivity index (χ1) is 12.3. The molecule has 0 aromatic rings. The summed E-state index contributed by atoms with van der Waals surface area (Å²) >= 11 is 1.16. The van der Waals surface area contributed by atoms with Crippen molar-refractivity contribution in [1.82, 2.24) is 10.6 Å². The fraction of sp³-hybridized carbons (Fsp3) is 0.412. The highest BCUT2D eigenvalue weighted by atomic mass is 32.2. The van der Waals surface area contributed by atoms with Crippen molar-refractivity contribution in [3.05, 3.63) is 29.2 Å². The molecule has 1 aliphatic carbocycles. The van der Waals surface area contributed by atoms with E-state index in [1.165, 1.54) is 7.11 Å². The van der Waals surface area contributed by atoms with Crippen LogP contribution in [0.1, 0.15) is 27.2 Å². The molecule has 8 nitrogen and oxygen atoms in total. The Morgan fingerprint density at radius 2 is 2.15 bits per heavy atom. The molecule has 1 saturated heterocycles. The minimum Gasteiger partial charge on any atom is -0.497 e. The van der Waals surface area contributed by atoms with Gasteiger partial charge >= 0.3 is 0 Å². The van der Waals surface area contributed by atoms with Crippen LogP contribution in [0.3, 0.4) is 0 Å². The molecule has 9 heteroatoms. The highest BCUT2D eigenvalue weighted by Gasteiger charge is 2.33. The molecule has 0 aromatic carbocycles. The van der Waals surface area contributed by atoms with E-state index in [1.54, 1.807) is 32.9 Å². The van der Waals surface area contributed by atoms with E-state index in [9.17, 15) is 14.4 Å². The summed E-state index contributed by atoms with van der Waals surface area (Å²) in [5.41, 5.74) is 1.67. The molecule has 0 bridgehead atoms. The first-order valence-corrected chi connectivity index (χ1v) is 8.80. The summed E-state index contributed by atoms with van der Waals surface area (Å²) in [5, 5.41) is 13.0. The van der Waals surface area contributed by atoms with Crippen LogP contribution in [-0.4, -0.2) is 41.0 Å². The third-order valence-electron chi connectivity index (χ3n) is 3.65. The molecule has 2 amide bonds. The molecule has 1 fully saturated rings. The summed E-state index contributed by atoms with van der Waals surface area (Å²) in [4.78, 5) is 35.4. The average Bonchev–Trinajstić information content (AvgIpc) is 2.94. The zero-order valence-electron chi connectivity index (χ0n) is 15.0. The Morgan fingerprint density at radius 1 is 1.42 bits per heavy atom. The van der Waals surface area contributed by atoms with E-state index >= 15 is 0 Å². The predicted octanol–water partition coefficient (Wildman–Crippen LogP) is 1.30. The van der Waals surface area contributed by atoms with Gasteiger partial charge in [-0.05, 0) is 19.9 Å². The van der Waals surface area contributed by atoms with Crippen molar-refractivity contribution in [2.45, 2.75) is 32.4 Å². The van der Waals surface area contributed by atoms with E-state index < -0.39 is 5.25 Å². The standard InChI is InChI=1S/C17H20N4O4S/c1-9(2)20-21-17-19-16(24)14(26-17)7-15(23)18-13-6-12(25-4)5-11(8-22)10(13)3/h5-6,10,14H,7H2,1-4H3,(H,18,23)(H,19,21,24). The molecule has 0 aromatic heterocycles. The lowest BCUT2D eigenvalue weighted by Crippen LogP contribution is -2.33. The molecule has 0 spiro atoms. The van der Waals surface area contributed by atoms with E-state index in [1.807, 2.05) is 5.94 Å². The molecule has 0 saturated carbocycles. The zero-order valence-corrected chi connectivity index (χ0v) is 15.8. The summed E-state index contributed by atoms with van der Waals surface area (Å²) in [5.74, 6) is 1.36. The topological polar surface area (TPSA) is 109 Å². The van der Waals surface area contributed by atoms with Crippen LogP contribution in [0, 0.1) is 5.92 Å². The number of rotatable bonds is 5. The molecule has 2 atom stereocenters. The number of carbonyl (C=O) groups excluding carboxylic acids is 3. The van der Waals surface area contributed by atoms with Gasteiger partial charge in [0.1, 0.15) is 17.0 Å². The number of allylic oxidation sites excluding steroid dienone is 3. The maximum Gasteiger partial charge on any atom is 0.240 e. The van der Waals surface area contributed by atoms with Gasteiger partial charge in [-0.2, -0.15) is 5.10 Å². The first kappa shape index (κ1) is 19.7. The van der Waals surface area contributed by atoms with Crippen molar-refractivity contribution in [2.75, 3.05) is 7.11 Å². The summed E-state index contributed by atoms with van der Waals surface area (Å²) in [7, 11) is 1.47. The Balaban J connectivity index is 2.03. The Morgan fingerprint density at radius 3 is 2.77 bits per heavy atom. The molecule has 1 heterocycles. The maximum absolute atomic E-state index is 12.3. The molecule has 1 aliphatic heterocycles. The number of nitrogens with one attached hydrogen (secondary N) is 2. The lowest BCUT2D eigenvalue weighted by atomic mass is 9.93. The summed E-state index contributed by atoms with van der Waals surface area (Å²) in [6, 6.07) is 0. The molecule has 2 aliphatic rings. The number of methoxy groups -OCH3 is 1. The lowest BCUT2D eigenvalue weighted by Gasteiger charge is -2.21. The lowest BCUT2D eigenvalue weighted by molar-refractivity contribution is -0.124. The average molecular weight is 376 g/mol. The van der Waals surface area contributed by atoms with Gasteiger partial charge in [-0.15, -0.1) is 5.10 Å². The van der Waals surface area contributed by atoms with Gasteiger partial charge in [0.25, 0.3) is 0 Å². The summed E-state index contributed by atoms with van der Waals surface area (Å²) in [6.45, 7) is 5.36. The second-order valence-corrected chi connectivity index (χ2v) is 7.12. The molecule has 138 valence electrons. The number of amides is 2. The molecule has 26 heavy (non-hydrogen) atoms. The molecular weight excluding hydrogens is 356 g/mol. The number of hydrogen-bond donors (Lipinski definition) is 2.